The summed E-state index contributed by atoms with van der Waals surface area (Å²) < 4.78 is 4.82. The molecule has 0 unspecified atom stereocenters. The number of aromatic nitrogens is 4. The van der Waals surface area contributed by atoms with Gasteiger partial charge in [0.1, 0.15) is 0 Å². The average molecular weight is 729 g/mol. The summed E-state index contributed by atoms with van der Waals surface area (Å²) in [5.41, 5.74) is 15.2. The Bertz CT molecular complexity index is 3190. The molecule has 0 aliphatic heterocycles. The van der Waals surface area contributed by atoms with Gasteiger partial charge in [-0.05, 0) is 73.2 Å². The van der Waals surface area contributed by atoms with Crippen molar-refractivity contribution in [2.75, 3.05) is 0 Å². The Balaban J connectivity index is 1.18. The molecule has 57 heavy (non-hydrogen) atoms. The van der Waals surface area contributed by atoms with Gasteiger partial charge in [-0.15, -0.1) is 0 Å². The molecule has 0 aliphatic carbocycles. The highest BCUT2D eigenvalue weighted by Crippen LogP contribution is 2.40. The van der Waals surface area contributed by atoms with Crippen molar-refractivity contribution in [1.82, 2.24) is 19.1 Å². The maximum absolute atomic E-state index is 5.24. The Labute approximate surface area is 330 Å². The summed E-state index contributed by atoms with van der Waals surface area (Å²) in [5.74, 6) is 0.698. The summed E-state index contributed by atoms with van der Waals surface area (Å²) in [6.45, 7) is 2.17. The van der Waals surface area contributed by atoms with Crippen molar-refractivity contribution < 1.29 is 0 Å². The fourth-order valence-electron chi connectivity index (χ4n) is 8.55. The molecule has 0 amide bonds. The van der Waals surface area contributed by atoms with Crippen LogP contribution in [-0.4, -0.2) is 19.1 Å². The van der Waals surface area contributed by atoms with Crippen molar-refractivity contribution in [2.24, 2.45) is 0 Å². The predicted molar refractivity (Wildman–Crippen MR) is 237 cm³/mol. The molecule has 0 saturated heterocycles. The van der Waals surface area contributed by atoms with Gasteiger partial charge in [0.05, 0.1) is 39.1 Å². The van der Waals surface area contributed by atoms with Crippen molar-refractivity contribution in [3.05, 3.63) is 206 Å². The fraction of sp³-hybridized carbons (Fsp3) is 0.0189. The molecule has 8 aromatic carbocycles. The van der Waals surface area contributed by atoms with Crippen molar-refractivity contribution in [1.29, 1.82) is 0 Å². The van der Waals surface area contributed by atoms with Gasteiger partial charge in [0, 0.05) is 49.5 Å². The first-order valence-corrected chi connectivity index (χ1v) is 19.4. The molecule has 11 rings (SSSR count). The first-order valence-electron chi connectivity index (χ1n) is 19.4. The quantitative estimate of drug-likeness (QED) is 0.171. The van der Waals surface area contributed by atoms with Crippen molar-refractivity contribution in [3.8, 4) is 56.4 Å². The largest absolute Gasteiger partial charge is 0.309 e. The maximum atomic E-state index is 5.24. The molecule has 0 bridgehead atoms. The zero-order valence-electron chi connectivity index (χ0n) is 31.3. The molecule has 0 radical (unpaired) electrons. The summed E-state index contributed by atoms with van der Waals surface area (Å²) in [4.78, 5) is 10.3. The molecule has 0 atom stereocenters. The second-order valence-electron chi connectivity index (χ2n) is 14.7. The van der Waals surface area contributed by atoms with E-state index < -0.39 is 0 Å². The summed E-state index contributed by atoms with van der Waals surface area (Å²) in [5, 5.41) is 4.97. The zero-order chi connectivity index (χ0) is 37.9. The number of para-hydroxylation sites is 3. The molecule has 11 aromatic rings. The standard InChI is InChI=1S/C53H36N4/c1-35-27-29-52-45(31-35)43-23-10-13-26-50(43)57(52)51-30-28-39(47-34-46(36-15-4-2-5-16-36)54-53(55-47)37-17-6-3-7-18-37)33-44(51)38-19-14-20-40(32-38)56-48-24-11-8-21-41(48)42-22-9-12-25-49(42)56/h2-34H,1H3. The molecular weight excluding hydrogens is 693 g/mol. The molecule has 0 saturated carbocycles. The van der Waals surface area contributed by atoms with Crippen LogP contribution in [0.1, 0.15) is 5.56 Å². The van der Waals surface area contributed by atoms with Crippen LogP contribution in [-0.2, 0) is 0 Å². The molecule has 3 heterocycles. The van der Waals surface area contributed by atoms with Crippen LogP contribution in [0.15, 0.2) is 200 Å². The third-order valence-corrected chi connectivity index (χ3v) is 11.2. The fourth-order valence-corrected chi connectivity index (χ4v) is 8.55. The molecule has 268 valence electrons. The van der Waals surface area contributed by atoms with Crippen LogP contribution in [0.3, 0.4) is 0 Å². The first kappa shape index (κ1) is 32.8. The molecule has 0 N–H and O–H groups in total. The number of hydrogen-bond acceptors (Lipinski definition) is 2. The van der Waals surface area contributed by atoms with E-state index in [0.717, 1.165) is 50.6 Å². The summed E-state index contributed by atoms with van der Waals surface area (Å²) in [6, 6.07) is 71.5. The van der Waals surface area contributed by atoms with Crippen LogP contribution < -0.4 is 0 Å². The first-order chi connectivity index (χ1) is 28.2. The van der Waals surface area contributed by atoms with Gasteiger partial charge in [0.25, 0.3) is 0 Å². The van der Waals surface area contributed by atoms with Gasteiger partial charge in [-0.2, -0.15) is 0 Å². The summed E-state index contributed by atoms with van der Waals surface area (Å²) in [7, 11) is 0. The van der Waals surface area contributed by atoms with Crippen LogP contribution in [0.25, 0.3) is 100 Å². The van der Waals surface area contributed by atoms with Crippen LogP contribution in [0.2, 0.25) is 0 Å². The van der Waals surface area contributed by atoms with E-state index in [2.05, 4.69) is 192 Å². The molecule has 0 spiro atoms. The average Bonchev–Trinajstić information content (AvgIpc) is 3.79. The van der Waals surface area contributed by atoms with E-state index in [-0.39, 0.29) is 0 Å². The lowest BCUT2D eigenvalue weighted by molar-refractivity contribution is 1.16. The molecule has 0 fully saturated rings. The van der Waals surface area contributed by atoms with Crippen molar-refractivity contribution in [3.63, 3.8) is 0 Å². The number of aryl methyl sites for hydroxylation is 1. The Hall–Kier alpha value is -7.56. The molecule has 3 aromatic heterocycles. The monoisotopic (exact) mass is 728 g/mol. The Morgan fingerprint density at radius 1 is 0.351 bits per heavy atom. The third kappa shape index (κ3) is 5.53. The van der Waals surface area contributed by atoms with E-state index in [9.17, 15) is 0 Å². The lowest BCUT2D eigenvalue weighted by atomic mass is 9.97. The highest BCUT2D eigenvalue weighted by atomic mass is 15.0. The van der Waals surface area contributed by atoms with Crippen LogP contribution in [0.5, 0.6) is 0 Å². The van der Waals surface area contributed by atoms with E-state index in [1.807, 2.05) is 24.3 Å². The van der Waals surface area contributed by atoms with Crippen molar-refractivity contribution in [2.45, 2.75) is 6.92 Å². The SMILES string of the molecule is Cc1ccc2c(c1)c1ccccc1n2-c1ccc(-c2cc(-c3ccccc3)nc(-c3ccccc3)n2)cc1-c1cccc(-n2c3ccccc3c3ccccc32)c1. The number of fused-ring (bicyclic) bond motifs is 6. The topological polar surface area (TPSA) is 35.6 Å². The van der Waals surface area contributed by atoms with E-state index in [1.165, 1.54) is 49.2 Å². The van der Waals surface area contributed by atoms with E-state index in [4.69, 9.17) is 9.97 Å². The van der Waals surface area contributed by atoms with Crippen LogP contribution in [0.4, 0.5) is 0 Å². The minimum absolute atomic E-state index is 0.698. The zero-order valence-corrected chi connectivity index (χ0v) is 31.3. The summed E-state index contributed by atoms with van der Waals surface area (Å²) in [6.07, 6.45) is 0. The van der Waals surface area contributed by atoms with Gasteiger partial charge < -0.3 is 9.13 Å². The number of benzene rings is 8. The minimum Gasteiger partial charge on any atom is -0.309 e. The predicted octanol–water partition coefficient (Wildman–Crippen LogP) is 13.6. The number of hydrogen-bond donors (Lipinski definition) is 0. The van der Waals surface area contributed by atoms with E-state index >= 15 is 0 Å². The van der Waals surface area contributed by atoms with Gasteiger partial charge in [0.15, 0.2) is 5.82 Å². The van der Waals surface area contributed by atoms with Gasteiger partial charge in [-0.1, -0.05) is 145 Å². The second kappa shape index (κ2) is 13.3. The molecule has 4 heteroatoms. The van der Waals surface area contributed by atoms with Crippen LogP contribution >= 0.6 is 0 Å². The van der Waals surface area contributed by atoms with E-state index in [1.54, 1.807) is 0 Å². The summed E-state index contributed by atoms with van der Waals surface area (Å²) >= 11 is 0. The van der Waals surface area contributed by atoms with Crippen LogP contribution in [0, 0.1) is 6.92 Å². The van der Waals surface area contributed by atoms with Gasteiger partial charge in [-0.3, -0.25) is 0 Å². The maximum Gasteiger partial charge on any atom is 0.160 e. The molecule has 4 nitrogen and oxygen atoms in total. The lowest BCUT2D eigenvalue weighted by Crippen LogP contribution is -2.00. The lowest BCUT2D eigenvalue weighted by Gasteiger charge is -2.18. The Kier molecular flexibility index (Phi) is 7.68. The van der Waals surface area contributed by atoms with Gasteiger partial charge >= 0.3 is 0 Å². The smallest absolute Gasteiger partial charge is 0.160 e. The van der Waals surface area contributed by atoms with E-state index in [0.29, 0.717) is 5.82 Å². The highest BCUT2D eigenvalue weighted by molar-refractivity contribution is 6.11. The minimum atomic E-state index is 0.698. The Morgan fingerprint density at radius 2 is 0.895 bits per heavy atom. The second-order valence-corrected chi connectivity index (χ2v) is 14.7. The molecular formula is C53H36N4. The highest BCUT2D eigenvalue weighted by Gasteiger charge is 2.19. The normalized spacial score (nSPS) is 11.6. The Morgan fingerprint density at radius 3 is 1.58 bits per heavy atom. The van der Waals surface area contributed by atoms with Gasteiger partial charge in [-0.25, -0.2) is 9.97 Å². The third-order valence-electron chi connectivity index (χ3n) is 11.2. The van der Waals surface area contributed by atoms with Crippen molar-refractivity contribution >= 4 is 43.6 Å². The van der Waals surface area contributed by atoms with Gasteiger partial charge in [0.2, 0.25) is 0 Å². The number of nitrogens with zero attached hydrogens (tertiary/aromatic N) is 4. The molecule has 0 aliphatic rings. The number of rotatable bonds is 6.